The lowest BCUT2D eigenvalue weighted by atomic mass is 10.1. The third-order valence-electron chi connectivity index (χ3n) is 3.40. The van der Waals surface area contributed by atoms with E-state index in [4.69, 9.17) is 0 Å². The Bertz CT molecular complexity index is 174. The highest BCUT2D eigenvalue weighted by Gasteiger charge is 2.25. The highest BCUT2D eigenvalue weighted by molar-refractivity contribution is 7.99. The summed E-state index contributed by atoms with van der Waals surface area (Å²) in [5.41, 5.74) is 0. The fraction of sp³-hybridized carbons (Fsp3) is 1.00. The largest absolute Gasteiger partial charge is 0.319 e. The van der Waals surface area contributed by atoms with Crippen LogP contribution < -0.4 is 5.32 Å². The van der Waals surface area contributed by atoms with Gasteiger partial charge in [0.05, 0.1) is 0 Å². The van der Waals surface area contributed by atoms with Crippen molar-refractivity contribution in [1.82, 2.24) is 10.2 Å². The summed E-state index contributed by atoms with van der Waals surface area (Å²) in [5, 5.41) is 3.29. The van der Waals surface area contributed by atoms with Crippen molar-refractivity contribution in [3.8, 4) is 0 Å². The lowest BCUT2D eigenvalue weighted by Crippen LogP contribution is -2.29. The predicted octanol–water partition coefficient (Wildman–Crippen LogP) is 1.70. The summed E-state index contributed by atoms with van der Waals surface area (Å²) in [6.07, 6.45) is 2.86. The monoisotopic (exact) mass is 250 g/mol. The van der Waals surface area contributed by atoms with E-state index in [1.807, 2.05) is 0 Å². The molecule has 0 radical (unpaired) electrons. The number of likely N-dealkylation sites (tertiary alicyclic amines) is 1. The third kappa shape index (κ3) is 4.14. The van der Waals surface area contributed by atoms with E-state index < -0.39 is 0 Å². The van der Waals surface area contributed by atoms with Gasteiger partial charge in [0.2, 0.25) is 0 Å². The lowest BCUT2D eigenvalue weighted by molar-refractivity contribution is 0.280. The van der Waals surface area contributed by atoms with Gasteiger partial charge >= 0.3 is 0 Å². The van der Waals surface area contributed by atoms with Crippen LogP contribution in [0, 0.1) is 11.8 Å². The molecule has 0 amide bonds. The minimum Gasteiger partial charge on any atom is -0.319 e. The number of rotatable bonds is 4. The number of thioether (sulfide) groups is 1. The summed E-state index contributed by atoms with van der Waals surface area (Å²) in [6.45, 7) is 5.25. The topological polar surface area (TPSA) is 15.3 Å². The SMILES string of the molecule is CNCC1CCN(CC2CCSC2)C1.Cl. The minimum atomic E-state index is 0. The van der Waals surface area contributed by atoms with Crippen molar-refractivity contribution < 1.29 is 0 Å². The molecule has 90 valence electrons. The quantitative estimate of drug-likeness (QED) is 0.818. The average Bonchev–Trinajstić information content (AvgIpc) is 2.79. The zero-order valence-electron chi connectivity index (χ0n) is 9.58. The van der Waals surface area contributed by atoms with Crippen molar-refractivity contribution in [3.05, 3.63) is 0 Å². The highest BCUT2D eigenvalue weighted by Crippen LogP contribution is 2.26. The molecule has 0 saturated carbocycles. The molecule has 0 bridgehead atoms. The molecule has 15 heavy (non-hydrogen) atoms. The molecule has 2 rings (SSSR count). The minimum absolute atomic E-state index is 0. The molecule has 0 aromatic carbocycles. The Morgan fingerprint density at radius 1 is 1.33 bits per heavy atom. The Balaban J connectivity index is 0.00000112. The number of halogens is 1. The van der Waals surface area contributed by atoms with Gasteiger partial charge in [0.1, 0.15) is 0 Å². The maximum atomic E-state index is 3.29. The fourth-order valence-corrected chi connectivity index (χ4v) is 3.90. The number of nitrogens with one attached hydrogen (secondary N) is 1. The van der Waals surface area contributed by atoms with Gasteiger partial charge in [-0.25, -0.2) is 0 Å². The third-order valence-corrected chi connectivity index (χ3v) is 4.63. The second-order valence-corrected chi connectivity index (χ2v) is 5.85. The van der Waals surface area contributed by atoms with Gasteiger partial charge < -0.3 is 10.2 Å². The highest BCUT2D eigenvalue weighted by atomic mass is 35.5. The van der Waals surface area contributed by atoms with Crippen LogP contribution in [0.15, 0.2) is 0 Å². The molecule has 2 heterocycles. The molecule has 2 saturated heterocycles. The van der Waals surface area contributed by atoms with Gasteiger partial charge in [0.15, 0.2) is 0 Å². The molecule has 2 unspecified atom stereocenters. The first kappa shape index (κ1) is 13.6. The van der Waals surface area contributed by atoms with Gasteiger partial charge in [0.25, 0.3) is 0 Å². The number of nitrogens with zero attached hydrogens (tertiary/aromatic N) is 1. The molecule has 2 atom stereocenters. The standard InChI is InChI=1S/C11H22N2S.ClH/c1-12-6-10-2-4-13(7-10)8-11-3-5-14-9-11;/h10-12H,2-9H2,1H3;1H. The Morgan fingerprint density at radius 2 is 2.20 bits per heavy atom. The van der Waals surface area contributed by atoms with Gasteiger partial charge in [-0.3, -0.25) is 0 Å². The smallest absolute Gasteiger partial charge is 0.00224 e. The van der Waals surface area contributed by atoms with E-state index in [0.717, 1.165) is 11.8 Å². The van der Waals surface area contributed by atoms with Gasteiger partial charge in [-0.15, -0.1) is 12.4 Å². The molecule has 0 spiro atoms. The van der Waals surface area contributed by atoms with Crippen molar-refractivity contribution >= 4 is 24.2 Å². The zero-order chi connectivity index (χ0) is 9.80. The van der Waals surface area contributed by atoms with E-state index >= 15 is 0 Å². The Morgan fingerprint density at radius 3 is 2.87 bits per heavy atom. The van der Waals surface area contributed by atoms with Crippen LogP contribution in [-0.4, -0.2) is 49.6 Å². The van der Waals surface area contributed by atoms with Crippen LogP contribution in [0.1, 0.15) is 12.8 Å². The molecule has 0 aliphatic carbocycles. The normalized spacial score (nSPS) is 31.8. The number of hydrogen-bond acceptors (Lipinski definition) is 3. The Kier molecular flexibility index (Phi) is 6.36. The van der Waals surface area contributed by atoms with Crippen LogP contribution in [0.25, 0.3) is 0 Å². The van der Waals surface area contributed by atoms with E-state index in [9.17, 15) is 0 Å². The molecule has 4 heteroatoms. The van der Waals surface area contributed by atoms with Crippen LogP contribution in [0.4, 0.5) is 0 Å². The summed E-state index contributed by atoms with van der Waals surface area (Å²) in [5.74, 6) is 4.72. The first-order chi connectivity index (χ1) is 6.88. The molecule has 2 nitrogen and oxygen atoms in total. The van der Waals surface area contributed by atoms with Crippen LogP contribution in [0.3, 0.4) is 0 Å². The Hall–Kier alpha value is 0.560. The molecular weight excluding hydrogens is 228 g/mol. The Labute approximate surface area is 104 Å². The zero-order valence-corrected chi connectivity index (χ0v) is 11.2. The molecule has 0 aromatic rings. The molecule has 2 fully saturated rings. The summed E-state index contributed by atoms with van der Waals surface area (Å²) in [6, 6.07) is 0. The van der Waals surface area contributed by atoms with Gasteiger partial charge in [-0.05, 0) is 56.3 Å². The van der Waals surface area contributed by atoms with Crippen molar-refractivity contribution in [1.29, 1.82) is 0 Å². The second kappa shape index (κ2) is 7.00. The molecule has 2 aliphatic rings. The molecule has 1 N–H and O–H groups in total. The first-order valence-corrected chi connectivity index (χ1v) is 6.98. The maximum absolute atomic E-state index is 3.29. The van der Waals surface area contributed by atoms with Gasteiger partial charge in [-0.2, -0.15) is 11.8 Å². The predicted molar refractivity (Wildman–Crippen MR) is 71.2 cm³/mol. The molecular formula is C11H23ClN2S. The average molecular weight is 251 g/mol. The first-order valence-electron chi connectivity index (χ1n) is 5.83. The summed E-state index contributed by atoms with van der Waals surface area (Å²) in [4.78, 5) is 2.68. The molecule has 0 aromatic heterocycles. The van der Waals surface area contributed by atoms with Crippen molar-refractivity contribution in [3.63, 3.8) is 0 Å². The van der Waals surface area contributed by atoms with Crippen molar-refractivity contribution in [2.24, 2.45) is 11.8 Å². The maximum Gasteiger partial charge on any atom is 0.00224 e. The van der Waals surface area contributed by atoms with Gasteiger partial charge in [-0.1, -0.05) is 0 Å². The fourth-order valence-electron chi connectivity index (χ4n) is 2.63. The van der Waals surface area contributed by atoms with E-state index in [2.05, 4.69) is 29.0 Å². The van der Waals surface area contributed by atoms with E-state index in [1.165, 1.54) is 50.5 Å². The summed E-state index contributed by atoms with van der Waals surface area (Å²) >= 11 is 2.14. The van der Waals surface area contributed by atoms with Crippen LogP contribution >= 0.6 is 24.2 Å². The van der Waals surface area contributed by atoms with Crippen LogP contribution in [0.5, 0.6) is 0 Å². The van der Waals surface area contributed by atoms with E-state index in [0.29, 0.717) is 0 Å². The van der Waals surface area contributed by atoms with Crippen molar-refractivity contribution in [2.45, 2.75) is 12.8 Å². The van der Waals surface area contributed by atoms with Crippen LogP contribution in [0.2, 0.25) is 0 Å². The van der Waals surface area contributed by atoms with E-state index in [1.54, 1.807) is 0 Å². The second-order valence-electron chi connectivity index (χ2n) is 4.70. The number of hydrogen-bond donors (Lipinski definition) is 1. The summed E-state index contributed by atoms with van der Waals surface area (Å²) in [7, 11) is 2.07. The van der Waals surface area contributed by atoms with Crippen LogP contribution in [-0.2, 0) is 0 Å². The van der Waals surface area contributed by atoms with Crippen molar-refractivity contribution in [2.75, 3.05) is 44.7 Å². The van der Waals surface area contributed by atoms with E-state index in [-0.39, 0.29) is 12.4 Å². The summed E-state index contributed by atoms with van der Waals surface area (Å²) < 4.78 is 0. The molecule has 2 aliphatic heterocycles. The van der Waals surface area contributed by atoms with Gasteiger partial charge in [0, 0.05) is 13.1 Å². The lowest BCUT2D eigenvalue weighted by Gasteiger charge is -2.19.